The molecule has 0 aliphatic carbocycles. The first kappa shape index (κ1) is 20.1. The molecule has 3 heterocycles. The largest absolute Gasteiger partial charge is 0.498 e. The number of nitrogens with zero attached hydrogens (tertiary/aromatic N) is 4. The number of likely N-dealkylation sites (tertiary alicyclic amines) is 1. The van der Waals surface area contributed by atoms with Crippen LogP contribution in [0.15, 0.2) is 12.4 Å². The minimum Gasteiger partial charge on any atom is -0.399 e. The highest BCUT2D eigenvalue weighted by Gasteiger charge is 2.52. The van der Waals surface area contributed by atoms with Gasteiger partial charge in [-0.05, 0) is 46.5 Å². The van der Waals surface area contributed by atoms with Gasteiger partial charge in [-0.1, -0.05) is 0 Å². The second-order valence-electron chi connectivity index (χ2n) is 8.76. The van der Waals surface area contributed by atoms with E-state index in [0.717, 1.165) is 37.9 Å². The van der Waals surface area contributed by atoms with Crippen LogP contribution in [-0.2, 0) is 14.1 Å². The third-order valence-electron chi connectivity index (χ3n) is 6.02. The van der Waals surface area contributed by atoms with Gasteiger partial charge in [0.1, 0.15) is 0 Å². The summed E-state index contributed by atoms with van der Waals surface area (Å²) in [4.78, 5) is 24.6. The lowest BCUT2D eigenvalue weighted by Crippen LogP contribution is -2.42. The van der Waals surface area contributed by atoms with Crippen LogP contribution in [-0.4, -0.2) is 65.8 Å². The van der Waals surface area contributed by atoms with E-state index >= 15 is 0 Å². The average Bonchev–Trinajstić information content (AvgIpc) is 2.83. The Morgan fingerprint density at radius 3 is 2.41 bits per heavy atom. The molecule has 1 aromatic heterocycles. The predicted octanol–water partition coefficient (Wildman–Crippen LogP) is 1.47. The summed E-state index contributed by atoms with van der Waals surface area (Å²) in [5, 5.41) is 0. The van der Waals surface area contributed by atoms with Gasteiger partial charge in [0.25, 0.3) is 0 Å². The highest BCUT2D eigenvalue weighted by atomic mass is 16.7. The van der Waals surface area contributed by atoms with E-state index < -0.39 is 7.12 Å². The number of hydrogen-bond acceptors (Lipinski definition) is 6. The van der Waals surface area contributed by atoms with Crippen molar-refractivity contribution in [2.45, 2.75) is 58.7 Å². The van der Waals surface area contributed by atoms with Crippen LogP contribution in [0.1, 0.15) is 47.5 Å². The Morgan fingerprint density at radius 2 is 1.85 bits per heavy atom. The Labute approximate surface area is 162 Å². The molecule has 2 fully saturated rings. The Morgan fingerprint density at radius 1 is 1.26 bits per heavy atom. The Hall–Kier alpha value is -1.67. The fraction of sp³-hybridized carbons (Fsp3) is 0.737. The first-order valence-corrected chi connectivity index (χ1v) is 9.73. The molecule has 1 amide bonds. The van der Waals surface area contributed by atoms with Crippen LogP contribution in [0.4, 0.5) is 5.95 Å². The summed E-state index contributed by atoms with van der Waals surface area (Å²) < 4.78 is 12.1. The van der Waals surface area contributed by atoms with E-state index in [-0.39, 0.29) is 17.1 Å². The molecule has 27 heavy (non-hydrogen) atoms. The van der Waals surface area contributed by atoms with Crippen LogP contribution in [0.3, 0.4) is 0 Å². The van der Waals surface area contributed by atoms with Gasteiger partial charge in [-0.3, -0.25) is 4.79 Å². The molecule has 0 saturated carbocycles. The van der Waals surface area contributed by atoms with E-state index in [4.69, 9.17) is 9.31 Å². The molecule has 7 nitrogen and oxygen atoms in total. The van der Waals surface area contributed by atoms with Gasteiger partial charge in [-0.2, -0.15) is 0 Å². The van der Waals surface area contributed by atoms with Crippen LogP contribution >= 0.6 is 0 Å². The molecule has 0 aromatic carbocycles. The number of carbonyl (C=O) groups excluding carboxylic acids is 1. The van der Waals surface area contributed by atoms with E-state index in [1.54, 1.807) is 19.3 Å². The zero-order valence-corrected chi connectivity index (χ0v) is 17.4. The van der Waals surface area contributed by atoms with Crippen LogP contribution in [0.2, 0.25) is 0 Å². The van der Waals surface area contributed by atoms with E-state index in [0.29, 0.717) is 11.9 Å². The molecule has 0 radical (unpaired) electrons. The van der Waals surface area contributed by atoms with E-state index in [1.165, 1.54) is 0 Å². The molecule has 0 N–H and O–H groups in total. The molecule has 1 aromatic rings. The second-order valence-corrected chi connectivity index (χ2v) is 8.76. The molecule has 1 atom stereocenters. The number of aromatic nitrogens is 2. The smallest absolute Gasteiger partial charge is 0.399 e. The van der Waals surface area contributed by atoms with Crippen molar-refractivity contribution in [3.63, 3.8) is 0 Å². The van der Waals surface area contributed by atoms with Crippen molar-refractivity contribution in [2.24, 2.45) is 5.92 Å². The summed E-state index contributed by atoms with van der Waals surface area (Å²) in [6.07, 6.45) is 5.74. The number of amides is 1. The van der Waals surface area contributed by atoms with Crippen molar-refractivity contribution < 1.29 is 14.1 Å². The Bertz CT molecular complexity index is 664. The third-order valence-corrected chi connectivity index (χ3v) is 6.02. The normalized spacial score (nSPS) is 24.1. The van der Waals surface area contributed by atoms with Crippen LogP contribution in [0, 0.1) is 5.92 Å². The molecular formula is C19H31BN4O3. The molecule has 8 heteroatoms. The van der Waals surface area contributed by atoms with Crippen molar-refractivity contribution in [3.8, 4) is 0 Å². The molecule has 1 unspecified atom stereocenters. The average molecular weight is 374 g/mol. The molecule has 148 valence electrons. The standard InChI is InChI=1S/C19H31BN4O3/c1-14(25)24-9-7-8-15(13-24)12-23(6)17-21-10-16(11-22-17)20-26-18(2,3)19(4,5)27-20/h10-11,15H,7-9,12-13H2,1-6H3. The van der Waals surface area contributed by atoms with Gasteiger partial charge < -0.3 is 19.1 Å². The minimum absolute atomic E-state index is 0.158. The quantitative estimate of drug-likeness (QED) is 0.744. The maximum Gasteiger partial charge on any atom is 0.498 e. The highest BCUT2D eigenvalue weighted by molar-refractivity contribution is 6.61. The summed E-state index contributed by atoms with van der Waals surface area (Å²) in [5.74, 6) is 1.28. The topological polar surface area (TPSA) is 67.8 Å². The summed E-state index contributed by atoms with van der Waals surface area (Å²) in [6, 6.07) is 0. The molecule has 2 aliphatic heterocycles. The number of anilines is 1. The lowest BCUT2D eigenvalue weighted by atomic mass is 9.81. The first-order chi connectivity index (χ1) is 12.6. The second kappa shape index (κ2) is 7.39. The van der Waals surface area contributed by atoms with E-state index in [1.807, 2.05) is 39.6 Å². The molecule has 2 saturated heterocycles. The summed E-state index contributed by atoms with van der Waals surface area (Å²) >= 11 is 0. The van der Waals surface area contributed by atoms with E-state index in [9.17, 15) is 4.79 Å². The molecular weight excluding hydrogens is 343 g/mol. The third kappa shape index (κ3) is 4.27. The van der Waals surface area contributed by atoms with Gasteiger partial charge in [-0.15, -0.1) is 0 Å². The zero-order valence-electron chi connectivity index (χ0n) is 17.4. The molecule has 3 rings (SSSR count). The minimum atomic E-state index is -0.447. The maximum atomic E-state index is 11.6. The van der Waals surface area contributed by atoms with Gasteiger partial charge in [0.05, 0.1) is 11.2 Å². The zero-order chi connectivity index (χ0) is 19.8. The number of carbonyl (C=O) groups is 1. The fourth-order valence-electron chi connectivity index (χ4n) is 3.60. The lowest BCUT2D eigenvalue weighted by molar-refractivity contribution is -0.130. The van der Waals surface area contributed by atoms with Crippen molar-refractivity contribution >= 4 is 24.4 Å². The van der Waals surface area contributed by atoms with E-state index in [2.05, 4.69) is 14.9 Å². The highest BCUT2D eigenvalue weighted by Crippen LogP contribution is 2.36. The SMILES string of the molecule is CC(=O)N1CCCC(CN(C)c2ncc(B3OC(C)(C)C(C)(C)O3)cn2)C1. The summed E-state index contributed by atoms with van der Waals surface area (Å²) in [6.45, 7) is 12.3. The first-order valence-electron chi connectivity index (χ1n) is 9.73. The summed E-state index contributed by atoms with van der Waals surface area (Å²) in [5.41, 5.74) is 0.0687. The Balaban J connectivity index is 1.61. The fourth-order valence-corrected chi connectivity index (χ4v) is 3.60. The van der Waals surface area contributed by atoms with Crippen molar-refractivity contribution in [2.75, 3.05) is 31.6 Å². The monoisotopic (exact) mass is 374 g/mol. The number of rotatable bonds is 4. The molecule has 0 bridgehead atoms. The predicted molar refractivity (Wildman–Crippen MR) is 106 cm³/mol. The van der Waals surface area contributed by atoms with Crippen LogP contribution in [0.5, 0.6) is 0 Å². The Kier molecular flexibility index (Phi) is 5.50. The van der Waals surface area contributed by atoms with Crippen LogP contribution in [0.25, 0.3) is 0 Å². The van der Waals surface area contributed by atoms with Crippen molar-refractivity contribution in [1.82, 2.24) is 14.9 Å². The van der Waals surface area contributed by atoms with Gasteiger partial charge in [0, 0.05) is 51.5 Å². The lowest BCUT2D eigenvalue weighted by Gasteiger charge is -2.34. The number of piperidine rings is 1. The van der Waals surface area contributed by atoms with Crippen LogP contribution < -0.4 is 10.4 Å². The molecule has 0 spiro atoms. The van der Waals surface area contributed by atoms with Crippen molar-refractivity contribution in [1.29, 1.82) is 0 Å². The maximum absolute atomic E-state index is 11.6. The van der Waals surface area contributed by atoms with Crippen molar-refractivity contribution in [3.05, 3.63) is 12.4 Å². The van der Waals surface area contributed by atoms with Gasteiger partial charge >= 0.3 is 7.12 Å². The van der Waals surface area contributed by atoms with Gasteiger partial charge in [0.15, 0.2) is 0 Å². The van der Waals surface area contributed by atoms with Gasteiger partial charge in [0.2, 0.25) is 11.9 Å². The number of hydrogen-bond donors (Lipinski definition) is 0. The summed E-state index contributed by atoms with van der Waals surface area (Å²) in [7, 11) is 1.55. The molecule has 2 aliphatic rings. The van der Waals surface area contributed by atoms with Gasteiger partial charge in [-0.25, -0.2) is 9.97 Å².